The molecular formula is C22H25ClN6O3S. The molecule has 1 amide bonds. The Bertz CT molecular complexity index is 1250. The van der Waals surface area contributed by atoms with E-state index in [0.29, 0.717) is 18.9 Å². The molecule has 1 fully saturated rings. The summed E-state index contributed by atoms with van der Waals surface area (Å²) in [6.07, 6.45) is 3.73. The number of rotatable bonds is 6. The van der Waals surface area contributed by atoms with Crippen LogP contribution in [-0.4, -0.2) is 51.9 Å². The molecule has 9 nitrogen and oxygen atoms in total. The minimum Gasteiger partial charge on any atom is -0.323 e. The number of nitrogens with one attached hydrogen (secondary N) is 1. The minimum absolute atomic E-state index is 0.102. The minimum atomic E-state index is -3.67. The van der Waals surface area contributed by atoms with Crippen molar-refractivity contribution in [1.82, 2.24) is 24.5 Å². The van der Waals surface area contributed by atoms with E-state index in [1.54, 1.807) is 0 Å². The standard InChI is InChI=1S/C22H25ClN6O3S/c1-16-8-4-5-9-18(16)22-25-27-29(26-22)15-21(30)24-20-14-17(10-11-19(20)23)33(31,32)28-12-6-2-3-7-13-28/h4-5,8-11,14H,2-3,6-7,12-13,15H2,1H3,(H,24,30). The van der Waals surface area contributed by atoms with E-state index in [4.69, 9.17) is 11.6 Å². The van der Waals surface area contributed by atoms with Gasteiger partial charge in [-0.3, -0.25) is 4.79 Å². The molecule has 1 aliphatic rings. The molecule has 0 spiro atoms. The number of hydrogen-bond acceptors (Lipinski definition) is 6. The molecule has 3 aromatic rings. The summed E-state index contributed by atoms with van der Waals surface area (Å²) in [5, 5.41) is 15.1. The predicted molar refractivity (Wildman–Crippen MR) is 125 cm³/mol. The SMILES string of the molecule is Cc1ccccc1-c1nnn(CC(=O)Nc2cc(S(=O)(=O)N3CCCCCC3)ccc2Cl)n1. The van der Waals surface area contributed by atoms with Crippen molar-refractivity contribution in [3.8, 4) is 11.4 Å². The zero-order valence-corrected chi connectivity index (χ0v) is 19.8. The average Bonchev–Trinajstić information content (AvgIpc) is 3.05. The second-order valence-corrected chi connectivity index (χ2v) is 10.3. The van der Waals surface area contributed by atoms with Gasteiger partial charge in [-0.1, -0.05) is 48.7 Å². The Kier molecular flexibility index (Phi) is 7.06. The van der Waals surface area contributed by atoms with Crippen molar-refractivity contribution in [2.24, 2.45) is 0 Å². The number of aromatic nitrogens is 4. The third-order valence-electron chi connectivity index (χ3n) is 5.54. The Morgan fingerprint density at radius 3 is 2.55 bits per heavy atom. The lowest BCUT2D eigenvalue weighted by atomic mass is 10.1. The first-order valence-electron chi connectivity index (χ1n) is 10.8. The molecule has 174 valence electrons. The maximum absolute atomic E-state index is 13.1. The maximum Gasteiger partial charge on any atom is 0.248 e. The molecule has 0 aliphatic carbocycles. The van der Waals surface area contributed by atoms with Gasteiger partial charge in [0.05, 0.1) is 15.6 Å². The Labute approximate surface area is 197 Å². The molecule has 1 N–H and O–H groups in total. The van der Waals surface area contributed by atoms with Gasteiger partial charge >= 0.3 is 0 Å². The number of hydrogen-bond donors (Lipinski definition) is 1. The fourth-order valence-corrected chi connectivity index (χ4v) is 5.46. The van der Waals surface area contributed by atoms with E-state index >= 15 is 0 Å². The van der Waals surface area contributed by atoms with Gasteiger partial charge in [0.2, 0.25) is 21.8 Å². The van der Waals surface area contributed by atoms with Gasteiger partial charge in [-0.05, 0) is 48.7 Å². The zero-order valence-electron chi connectivity index (χ0n) is 18.2. The second kappa shape index (κ2) is 9.98. The number of amides is 1. The monoisotopic (exact) mass is 488 g/mol. The van der Waals surface area contributed by atoms with Crippen molar-refractivity contribution in [2.45, 2.75) is 44.0 Å². The molecule has 11 heteroatoms. The number of carbonyl (C=O) groups is 1. The van der Waals surface area contributed by atoms with Crippen LogP contribution in [0.15, 0.2) is 47.4 Å². The zero-order chi connectivity index (χ0) is 23.4. The highest BCUT2D eigenvalue weighted by atomic mass is 35.5. The Morgan fingerprint density at radius 2 is 1.82 bits per heavy atom. The Morgan fingerprint density at radius 1 is 1.09 bits per heavy atom. The lowest BCUT2D eigenvalue weighted by Gasteiger charge is -2.20. The molecule has 0 unspecified atom stereocenters. The molecule has 0 bridgehead atoms. The summed E-state index contributed by atoms with van der Waals surface area (Å²) >= 11 is 6.23. The molecule has 4 rings (SSSR count). The molecular weight excluding hydrogens is 464 g/mol. The van der Waals surface area contributed by atoms with E-state index in [0.717, 1.165) is 36.8 Å². The number of anilines is 1. The van der Waals surface area contributed by atoms with E-state index in [-0.39, 0.29) is 22.2 Å². The molecule has 2 heterocycles. The van der Waals surface area contributed by atoms with E-state index in [1.807, 2.05) is 31.2 Å². The Balaban J connectivity index is 1.48. The number of carbonyl (C=O) groups excluding carboxylic acids is 1. The molecule has 1 saturated heterocycles. The van der Waals surface area contributed by atoms with E-state index < -0.39 is 15.9 Å². The van der Waals surface area contributed by atoms with Crippen molar-refractivity contribution in [1.29, 1.82) is 0 Å². The third kappa shape index (κ3) is 5.40. The first kappa shape index (κ1) is 23.3. The number of halogens is 1. The maximum atomic E-state index is 13.1. The van der Waals surface area contributed by atoms with Gasteiger partial charge in [-0.2, -0.15) is 9.10 Å². The van der Waals surface area contributed by atoms with Crippen molar-refractivity contribution in [3.05, 3.63) is 53.1 Å². The summed E-state index contributed by atoms with van der Waals surface area (Å²) in [5.41, 5.74) is 2.05. The molecule has 0 atom stereocenters. The Hall–Kier alpha value is -2.82. The number of tetrazole rings is 1. The highest BCUT2D eigenvalue weighted by Crippen LogP contribution is 2.28. The van der Waals surface area contributed by atoms with Gasteiger partial charge in [-0.25, -0.2) is 8.42 Å². The van der Waals surface area contributed by atoms with Gasteiger partial charge in [-0.15, -0.1) is 10.2 Å². The molecule has 1 aromatic heterocycles. The van der Waals surface area contributed by atoms with Crippen molar-refractivity contribution < 1.29 is 13.2 Å². The second-order valence-electron chi connectivity index (χ2n) is 7.97. The quantitative estimate of drug-likeness (QED) is 0.568. The van der Waals surface area contributed by atoms with Crippen LogP contribution < -0.4 is 5.32 Å². The summed E-state index contributed by atoms with van der Waals surface area (Å²) < 4.78 is 27.7. The molecule has 0 saturated carbocycles. The predicted octanol–water partition coefficient (Wildman–Crippen LogP) is 3.51. The molecule has 0 radical (unpaired) electrons. The number of benzene rings is 2. The van der Waals surface area contributed by atoms with Crippen LogP contribution in [0.1, 0.15) is 31.2 Å². The van der Waals surface area contributed by atoms with Crippen LogP contribution in [-0.2, 0) is 21.4 Å². The fraction of sp³-hybridized carbons (Fsp3) is 0.364. The van der Waals surface area contributed by atoms with Crippen LogP contribution in [0, 0.1) is 6.92 Å². The number of nitrogens with zero attached hydrogens (tertiary/aromatic N) is 5. The molecule has 1 aliphatic heterocycles. The van der Waals surface area contributed by atoms with Crippen LogP contribution in [0.2, 0.25) is 5.02 Å². The normalized spacial score (nSPS) is 15.2. The van der Waals surface area contributed by atoms with Crippen molar-refractivity contribution in [2.75, 3.05) is 18.4 Å². The molecule has 33 heavy (non-hydrogen) atoms. The third-order valence-corrected chi connectivity index (χ3v) is 7.76. The number of aryl methyl sites for hydroxylation is 1. The van der Waals surface area contributed by atoms with Crippen molar-refractivity contribution >= 4 is 33.2 Å². The van der Waals surface area contributed by atoms with Gasteiger partial charge in [0.1, 0.15) is 6.54 Å². The fourth-order valence-electron chi connectivity index (χ4n) is 3.75. The largest absolute Gasteiger partial charge is 0.323 e. The highest BCUT2D eigenvalue weighted by Gasteiger charge is 2.26. The van der Waals surface area contributed by atoms with Gasteiger partial charge in [0.25, 0.3) is 0 Å². The van der Waals surface area contributed by atoms with E-state index in [1.165, 1.54) is 27.3 Å². The summed E-state index contributed by atoms with van der Waals surface area (Å²) in [4.78, 5) is 13.9. The smallest absolute Gasteiger partial charge is 0.248 e. The average molecular weight is 489 g/mol. The first-order chi connectivity index (χ1) is 15.8. The van der Waals surface area contributed by atoms with Crippen LogP contribution in [0.3, 0.4) is 0 Å². The summed E-state index contributed by atoms with van der Waals surface area (Å²) in [6.45, 7) is 2.73. The van der Waals surface area contributed by atoms with Gasteiger partial charge in [0.15, 0.2) is 0 Å². The lowest BCUT2D eigenvalue weighted by molar-refractivity contribution is -0.117. The first-order valence-corrected chi connectivity index (χ1v) is 12.6. The van der Waals surface area contributed by atoms with Crippen molar-refractivity contribution in [3.63, 3.8) is 0 Å². The van der Waals surface area contributed by atoms with Crippen LogP contribution in [0.5, 0.6) is 0 Å². The van der Waals surface area contributed by atoms with Crippen LogP contribution >= 0.6 is 11.6 Å². The van der Waals surface area contributed by atoms with E-state index in [2.05, 4.69) is 20.7 Å². The lowest BCUT2D eigenvalue weighted by Crippen LogP contribution is -2.32. The summed E-state index contributed by atoms with van der Waals surface area (Å²) in [5.74, 6) is -0.0283. The van der Waals surface area contributed by atoms with E-state index in [9.17, 15) is 13.2 Å². The number of sulfonamides is 1. The molecule has 2 aromatic carbocycles. The highest BCUT2D eigenvalue weighted by molar-refractivity contribution is 7.89. The van der Waals surface area contributed by atoms with Gasteiger partial charge in [0, 0.05) is 18.7 Å². The van der Waals surface area contributed by atoms with Crippen LogP contribution in [0.4, 0.5) is 5.69 Å². The summed E-state index contributed by atoms with van der Waals surface area (Å²) in [6, 6.07) is 12.0. The van der Waals surface area contributed by atoms with Gasteiger partial charge < -0.3 is 5.32 Å². The summed E-state index contributed by atoms with van der Waals surface area (Å²) in [7, 11) is -3.67. The topological polar surface area (TPSA) is 110 Å². The van der Waals surface area contributed by atoms with Crippen LogP contribution in [0.25, 0.3) is 11.4 Å².